The lowest BCUT2D eigenvalue weighted by molar-refractivity contribution is 0.690. The van der Waals surface area contributed by atoms with Crippen molar-refractivity contribution in [3.8, 4) is 0 Å². The first-order chi connectivity index (χ1) is 13.2. The Balaban J connectivity index is 1.59. The number of fused-ring (bicyclic) bond motifs is 1. The molecule has 0 amide bonds. The number of aromatic nitrogens is 2. The van der Waals surface area contributed by atoms with Gasteiger partial charge in [0.25, 0.3) is 0 Å². The number of hydrogen-bond acceptors (Lipinski definition) is 2. The summed E-state index contributed by atoms with van der Waals surface area (Å²) in [4.78, 5) is 4.16. The Morgan fingerprint density at radius 2 is 1.70 bits per heavy atom. The van der Waals surface area contributed by atoms with Crippen LogP contribution in [-0.4, -0.2) is 9.55 Å². The van der Waals surface area contributed by atoms with E-state index < -0.39 is 0 Å². The molecule has 0 fully saturated rings. The summed E-state index contributed by atoms with van der Waals surface area (Å²) in [5.41, 5.74) is 4.53. The van der Waals surface area contributed by atoms with Gasteiger partial charge in [-0.25, -0.2) is 0 Å². The van der Waals surface area contributed by atoms with E-state index in [9.17, 15) is 0 Å². The summed E-state index contributed by atoms with van der Waals surface area (Å²) in [5, 5.41) is 6.12. The second-order valence-corrected chi connectivity index (χ2v) is 7.28. The van der Waals surface area contributed by atoms with Crippen molar-refractivity contribution >= 4 is 34.1 Å². The van der Waals surface area contributed by atoms with Crippen LogP contribution in [0.25, 0.3) is 10.9 Å². The number of pyridine rings is 1. The van der Waals surface area contributed by atoms with Gasteiger partial charge in [0, 0.05) is 58.2 Å². The molecule has 0 aliphatic heterocycles. The van der Waals surface area contributed by atoms with Gasteiger partial charge in [-0.1, -0.05) is 53.5 Å². The van der Waals surface area contributed by atoms with Gasteiger partial charge in [-0.2, -0.15) is 0 Å². The lowest BCUT2D eigenvalue weighted by atomic mass is 10.1. The quantitative estimate of drug-likeness (QED) is 0.454. The topological polar surface area (TPSA) is 29.9 Å². The molecule has 2 heterocycles. The zero-order valence-electron chi connectivity index (χ0n) is 14.7. The van der Waals surface area contributed by atoms with Crippen LogP contribution in [0.3, 0.4) is 0 Å². The Labute approximate surface area is 168 Å². The van der Waals surface area contributed by atoms with Crippen LogP contribution in [0, 0.1) is 0 Å². The third-order valence-corrected chi connectivity index (χ3v) is 5.34. The van der Waals surface area contributed by atoms with E-state index in [1.807, 2.05) is 30.5 Å². The highest BCUT2D eigenvalue weighted by Crippen LogP contribution is 2.28. The normalized spacial score (nSPS) is 11.2. The fourth-order valence-electron chi connectivity index (χ4n) is 3.29. The zero-order valence-corrected chi connectivity index (χ0v) is 16.2. The second kappa shape index (κ2) is 8.13. The molecule has 0 bridgehead atoms. The Hall–Kier alpha value is -2.33. The Morgan fingerprint density at radius 3 is 2.48 bits per heavy atom. The summed E-state index contributed by atoms with van der Waals surface area (Å²) < 4.78 is 2.21. The molecule has 2 aromatic carbocycles. The van der Waals surface area contributed by atoms with E-state index in [2.05, 4.69) is 51.4 Å². The van der Waals surface area contributed by atoms with E-state index in [0.717, 1.165) is 18.7 Å². The van der Waals surface area contributed by atoms with Crippen molar-refractivity contribution in [3.05, 3.63) is 99.9 Å². The number of nitrogens with one attached hydrogen (secondary N) is 1. The molecule has 136 valence electrons. The van der Waals surface area contributed by atoms with Crippen molar-refractivity contribution < 1.29 is 0 Å². The van der Waals surface area contributed by atoms with Crippen molar-refractivity contribution in [2.24, 2.45) is 0 Å². The number of halogens is 2. The largest absolute Gasteiger partial charge is 0.343 e. The number of rotatable bonds is 6. The third-order valence-electron chi connectivity index (χ3n) is 4.63. The van der Waals surface area contributed by atoms with Crippen LogP contribution in [0.4, 0.5) is 0 Å². The van der Waals surface area contributed by atoms with Gasteiger partial charge in [0.1, 0.15) is 0 Å². The first-order valence-electron chi connectivity index (χ1n) is 8.81. The molecule has 4 rings (SSSR count). The molecule has 2 aromatic heterocycles. The van der Waals surface area contributed by atoms with Crippen LogP contribution >= 0.6 is 23.2 Å². The molecule has 27 heavy (non-hydrogen) atoms. The summed E-state index contributed by atoms with van der Waals surface area (Å²) >= 11 is 12.7. The lowest BCUT2D eigenvalue weighted by Gasteiger charge is -2.09. The molecule has 0 aliphatic rings. The van der Waals surface area contributed by atoms with Crippen molar-refractivity contribution in [1.82, 2.24) is 14.9 Å². The van der Waals surface area contributed by atoms with Crippen LogP contribution < -0.4 is 5.32 Å². The third kappa shape index (κ3) is 4.01. The monoisotopic (exact) mass is 395 g/mol. The molecular formula is C22H19Cl2N3. The van der Waals surface area contributed by atoms with Gasteiger partial charge in [-0.3, -0.25) is 4.98 Å². The van der Waals surface area contributed by atoms with E-state index in [1.165, 1.54) is 22.0 Å². The van der Waals surface area contributed by atoms with Gasteiger partial charge in [-0.05, 0) is 35.4 Å². The second-order valence-electron chi connectivity index (χ2n) is 6.46. The number of hydrogen-bond donors (Lipinski definition) is 1. The molecule has 4 aromatic rings. The molecule has 0 atom stereocenters. The summed E-state index contributed by atoms with van der Waals surface area (Å²) in [6.45, 7) is 2.20. The Bertz CT molecular complexity index is 1040. The Morgan fingerprint density at radius 1 is 0.889 bits per heavy atom. The first kappa shape index (κ1) is 18.1. The van der Waals surface area contributed by atoms with E-state index >= 15 is 0 Å². The fraction of sp³-hybridized carbons (Fsp3) is 0.136. The summed E-state index contributed by atoms with van der Waals surface area (Å²) in [6, 6.07) is 18.1. The highest BCUT2D eigenvalue weighted by molar-refractivity contribution is 6.36. The maximum Gasteiger partial charge on any atom is 0.0505 e. The first-order valence-corrected chi connectivity index (χ1v) is 9.57. The SMILES string of the molecule is Clc1cccc(Cl)c1Cn1cc(CNCc2cccnc2)c2ccccc21. The Kier molecular flexibility index (Phi) is 5.44. The van der Waals surface area contributed by atoms with Crippen LogP contribution in [0.1, 0.15) is 16.7 Å². The smallest absolute Gasteiger partial charge is 0.0505 e. The molecule has 0 spiro atoms. The van der Waals surface area contributed by atoms with Crippen LogP contribution in [0.15, 0.2) is 73.2 Å². The highest BCUT2D eigenvalue weighted by atomic mass is 35.5. The summed E-state index contributed by atoms with van der Waals surface area (Å²) in [6.07, 6.45) is 5.85. The minimum Gasteiger partial charge on any atom is -0.343 e. The standard InChI is InChI=1S/C22H19Cl2N3/c23-20-7-3-8-21(24)19(20)15-27-14-17(18-6-1-2-9-22(18)27)13-26-12-16-5-4-10-25-11-16/h1-11,14,26H,12-13,15H2. The maximum atomic E-state index is 6.37. The molecule has 0 aliphatic carbocycles. The zero-order chi connectivity index (χ0) is 18.6. The van der Waals surface area contributed by atoms with Gasteiger partial charge < -0.3 is 9.88 Å². The number of nitrogens with zero attached hydrogens (tertiary/aromatic N) is 2. The average Bonchev–Trinajstić information content (AvgIpc) is 3.04. The fourth-order valence-corrected chi connectivity index (χ4v) is 3.81. The van der Waals surface area contributed by atoms with E-state index in [-0.39, 0.29) is 0 Å². The number of para-hydroxylation sites is 1. The van der Waals surface area contributed by atoms with Crippen molar-refractivity contribution in [1.29, 1.82) is 0 Å². The molecule has 0 unspecified atom stereocenters. The van der Waals surface area contributed by atoms with Gasteiger partial charge in [0.05, 0.1) is 6.54 Å². The molecular weight excluding hydrogens is 377 g/mol. The van der Waals surface area contributed by atoms with Gasteiger partial charge in [-0.15, -0.1) is 0 Å². The van der Waals surface area contributed by atoms with E-state index in [4.69, 9.17) is 23.2 Å². The predicted octanol–water partition coefficient (Wildman–Crippen LogP) is 5.68. The van der Waals surface area contributed by atoms with Crippen LogP contribution in [0.2, 0.25) is 10.0 Å². The highest BCUT2D eigenvalue weighted by Gasteiger charge is 2.11. The maximum absolute atomic E-state index is 6.37. The van der Waals surface area contributed by atoms with Gasteiger partial charge in [0.15, 0.2) is 0 Å². The molecule has 5 heteroatoms. The molecule has 3 nitrogen and oxygen atoms in total. The van der Waals surface area contributed by atoms with E-state index in [1.54, 1.807) is 6.20 Å². The average molecular weight is 396 g/mol. The summed E-state index contributed by atoms with van der Waals surface area (Å²) in [5.74, 6) is 0. The van der Waals surface area contributed by atoms with Gasteiger partial charge in [0.2, 0.25) is 0 Å². The summed E-state index contributed by atoms with van der Waals surface area (Å²) in [7, 11) is 0. The van der Waals surface area contributed by atoms with Crippen LogP contribution in [0.5, 0.6) is 0 Å². The van der Waals surface area contributed by atoms with Crippen LogP contribution in [-0.2, 0) is 19.6 Å². The number of benzene rings is 2. The molecule has 0 saturated carbocycles. The van der Waals surface area contributed by atoms with Crippen molar-refractivity contribution in [3.63, 3.8) is 0 Å². The van der Waals surface area contributed by atoms with Crippen molar-refractivity contribution in [2.75, 3.05) is 0 Å². The minimum absolute atomic E-state index is 0.641. The molecule has 0 radical (unpaired) electrons. The van der Waals surface area contributed by atoms with E-state index in [0.29, 0.717) is 16.6 Å². The predicted molar refractivity (Wildman–Crippen MR) is 112 cm³/mol. The molecule has 1 N–H and O–H groups in total. The molecule has 0 saturated heterocycles. The lowest BCUT2D eigenvalue weighted by Crippen LogP contribution is -2.12. The minimum atomic E-state index is 0.641. The van der Waals surface area contributed by atoms with Crippen molar-refractivity contribution in [2.45, 2.75) is 19.6 Å². The van der Waals surface area contributed by atoms with Gasteiger partial charge >= 0.3 is 0 Å².